The molecular weight excluding hydrogens is 622 g/mol. The molecule has 0 radical (unpaired) electrons. The summed E-state index contributed by atoms with van der Waals surface area (Å²) in [7, 11) is 1.76. The summed E-state index contributed by atoms with van der Waals surface area (Å²) < 4.78 is 18.8. The quantitative estimate of drug-likeness (QED) is 0.0785. The highest BCUT2D eigenvalue weighted by molar-refractivity contribution is 5.76. The number of aliphatic hydroxyl groups is 1. The Morgan fingerprint density at radius 1 is 0.878 bits per heavy atom. The number of benzene rings is 3. The van der Waals surface area contributed by atoms with Crippen LogP contribution in [-0.2, 0) is 37.0 Å². The summed E-state index contributed by atoms with van der Waals surface area (Å²) >= 11 is 0. The third-order valence-corrected chi connectivity index (χ3v) is 9.50. The van der Waals surface area contributed by atoms with Gasteiger partial charge in [0.25, 0.3) is 0 Å². The number of likely N-dealkylation sites (tertiary alicyclic amines) is 1. The van der Waals surface area contributed by atoms with Gasteiger partial charge in [0.05, 0.1) is 25.4 Å². The number of nitrogens with zero attached hydrogens (tertiary/aromatic N) is 1. The van der Waals surface area contributed by atoms with Gasteiger partial charge in [0.15, 0.2) is 6.29 Å². The molecular formula is C39H51N3O7. The van der Waals surface area contributed by atoms with Crippen LogP contribution in [0.15, 0.2) is 72.8 Å². The Morgan fingerprint density at radius 2 is 1.61 bits per heavy atom. The molecule has 5 rings (SSSR count). The van der Waals surface area contributed by atoms with Crippen molar-refractivity contribution in [2.45, 2.75) is 95.5 Å². The second-order valence-corrected chi connectivity index (χ2v) is 13.1. The lowest BCUT2D eigenvalue weighted by atomic mass is 9.98. The van der Waals surface area contributed by atoms with Gasteiger partial charge in [0, 0.05) is 51.1 Å². The van der Waals surface area contributed by atoms with Gasteiger partial charge in [-0.1, -0.05) is 73.5 Å². The molecule has 49 heavy (non-hydrogen) atoms. The SMILES string of the molecule is COC[C@@H]1CCCN1C[C@@H]1C[C@H](c2ccc(CO)cc2)O[C@H](c2cccc(-c3cccc(CNC(=O)CCCCCCC(=O)NO)c3)c2)O1. The third kappa shape index (κ3) is 10.9. The summed E-state index contributed by atoms with van der Waals surface area (Å²) in [6, 6.07) is 24.9. The lowest BCUT2D eigenvalue weighted by Gasteiger charge is -2.39. The predicted octanol–water partition coefficient (Wildman–Crippen LogP) is 5.96. The summed E-state index contributed by atoms with van der Waals surface area (Å²) in [5, 5.41) is 21.2. The number of hydrogen-bond donors (Lipinski definition) is 4. The molecule has 10 nitrogen and oxygen atoms in total. The third-order valence-electron chi connectivity index (χ3n) is 9.50. The van der Waals surface area contributed by atoms with E-state index in [2.05, 4.69) is 40.5 Å². The number of rotatable bonds is 17. The summed E-state index contributed by atoms with van der Waals surface area (Å²) in [6.45, 7) is 3.02. The van der Waals surface area contributed by atoms with Crippen molar-refractivity contribution in [1.29, 1.82) is 0 Å². The number of amides is 2. The number of ether oxygens (including phenoxy) is 3. The van der Waals surface area contributed by atoms with E-state index in [9.17, 15) is 14.7 Å². The van der Waals surface area contributed by atoms with Crippen molar-refractivity contribution in [2.24, 2.45) is 0 Å². The van der Waals surface area contributed by atoms with Crippen molar-refractivity contribution in [1.82, 2.24) is 15.7 Å². The minimum atomic E-state index is -0.543. The topological polar surface area (TPSA) is 130 Å². The second-order valence-electron chi connectivity index (χ2n) is 13.1. The number of nitrogens with one attached hydrogen (secondary N) is 2. The van der Waals surface area contributed by atoms with Crippen molar-refractivity contribution >= 4 is 11.8 Å². The fraction of sp³-hybridized carbons (Fsp3) is 0.487. The summed E-state index contributed by atoms with van der Waals surface area (Å²) in [4.78, 5) is 26.1. The Kier molecular flexibility index (Phi) is 14.2. The molecule has 3 aromatic rings. The largest absolute Gasteiger partial charge is 0.392 e. The number of hydroxylamine groups is 1. The molecule has 2 saturated heterocycles. The molecule has 2 aliphatic rings. The number of aliphatic hydroxyl groups excluding tert-OH is 1. The highest BCUT2D eigenvalue weighted by atomic mass is 16.7. The monoisotopic (exact) mass is 673 g/mol. The standard InChI is InChI=1S/C39H51N3O7/c1-47-27-34-13-8-20-42(34)25-35-23-36(30-18-16-28(26-43)17-19-30)49-39(48-35)33-12-7-11-32(22-33)31-10-6-9-29(21-31)24-40-37(44)14-4-2-3-5-15-38(45)41-46/h6-7,9-12,16-19,21-22,34-36,39,43,46H,2-5,8,13-15,20,23-27H2,1H3,(H,40,44)(H,41,45)/t34-,35-,36+,39+/m0/s1. The normalized spacial score (nSPS) is 21.0. The van der Waals surface area contributed by atoms with Gasteiger partial charge in [-0.05, 0) is 72.2 Å². The second kappa shape index (κ2) is 18.9. The van der Waals surface area contributed by atoms with Crippen LogP contribution in [0.3, 0.4) is 0 Å². The molecule has 2 amide bonds. The van der Waals surface area contributed by atoms with Gasteiger partial charge in [-0.15, -0.1) is 0 Å². The first-order valence-corrected chi connectivity index (χ1v) is 17.6. The fourth-order valence-electron chi connectivity index (χ4n) is 6.81. The average molecular weight is 674 g/mol. The van der Waals surface area contributed by atoms with Crippen molar-refractivity contribution in [3.8, 4) is 11.1 Å². The van der Waals surface area contributed by atoms with E-state index in [1.807, 2.05) is 42.5 Å². The number of methoxy groups -OCH3 is 1. The fourth-order valence-corrected chi connectivity index (χ4v) is 6.81. The van der Waals surface area contributed by atoms with Crippen molar-refractivity contribution in [2.75, 3.05) is 26.8 Å². The zero-order valence-electron chi connectivity index (χ0n) is 28.5. The molecule has 0 bridgehead atoms. The molecule has 0 aliphatic carbocycles. The van der Waals surface area contributed by atoms with Gasteiger partial charge in [0.2, 0.25) is 11.8 Å². The molecule has 264 valence electrons. The molecule has 0 spiro atoms. The molecule has 2 aliphatic heterocycles. The van der Waals surface area contributed by atoms with E-state index in [4.69, 9.17) is 19.4 Å². The van der Waals surface area contributed by atoms with E-state index >= 15 is 0 Å². The first kappa shape index (κ1) is 36.6. The number of carbonyl (C=O) groups excluding carboxylic acids is 2. The van der Waals surface area contributed by atoms with Gasteiger partial charge >= 0.3 is 0 Å². The highest BCUT2D eigenvalue weighted by Gasteiger charge is 2.35. The van der Waals surface area contributed by atoms with Crippen LogP contribution in [0.1, 0.15) is 92.4 Å². The summed E-state index contributed by atoms with van der Waals surface area (Å²) in [5.41, 5.74) is 7.63. The van der Waals surface area contributed by atoms with Crippen molar-refractivity contribution in [3.63, 3.8) is 0 Å². The van der Waals surface area contributed by atoms with Crippen LogP contribution in [0.4, 0.5) is 0 Å². The molecule has 2 fully saturated rings. The van der Waals surface area contributed by atoms with Crippen molar-refractivity contribution in [3.05, 3.63) is 95.1 Å². The summed E-state index contributed by atoms with van der Waals surface area (Å²) in [6.07, 6.45) is 6.18. The van der Waals surface area contributed by atoms with Crippen LogP contribution in [0.5, 0.6) is 0 Å². The van der Waals surface area contributed by atoms with Gasteiger partial charge < -0.3 is 24.6 Å². The van der Waals surface area contributed by atoms with Crippen LogP contribution in [0, 0.1) is 0 Å². The molecule has 0 aromatic heterocycles. The van der Waals surface area contributed by atoms with Crippen LogP contribution in [0.25, 0.3) is 11.1 Å². The Labute approximate surface area is 289 Å². The number of unbranched alkanes of at least 4 members (excludes halogenated alkanes) is 3. The van der Waals surface area contributed by atoms with E-state index in [1.165, 1.54) is 0 Å². The minimum absolute atomic E-state index is 0.00433. The maximum absolute atomic E-state index is 12.5. The first-order chi connectivity index (χ1) is 23.9. The Morgan fingerprint density at radius 3 is 2.35 bits per heavy atom. The van der Waals surface area contributed by atoms with Crippen LogP contribution in [-0.4, -0.2) is 66.0 Å². The average Bonchev–Trinajstić information content (AvgIpc) is 3.58. The first-order valence-electron chi connectivity index (χ1n) is 17.6. The van der Waals surface area contributed by atoms with Crippen LogP contribution < -0.4 is 10.8 Å². The van der Waals surface area contributed by atoms with E-state index in [-0.39, 0.29) is 30.6 Å². The van der Waals surface area contributed by atoms with Gasteiger partial charge in [-0.2, -0.15) is 0 Å². The van der Waals surface area contributed by atoms with E-state index in [0.717, 1.165) is 91.6 Å². The Hall–Kier alpha value is -3.64. The molecule has 0 unspecified atom stereocenters. The molecule has 0 saturated carbocycles. The van der Waals surface area contributed by atoms with Gasteiger partial charge in [-0.3, -0.25) is 19.7 Å². The Balaban J connectivity index is 1.22. The Bertz CT molecular complexity index is 1480. The zero-order chi connectivity index (χ0) is 34.4. The summed E-state index contributed by atoms with van der Waals surface area (Å²) in [5.74, 6) is -0.375. The van der Waals surface area contributed by atoms with Gasteiger partial charge in [-0.25, -0.2) is 5.48 Å². The molecule has 4 N–H and O–H groups in total. The molecule has 2 heterocycles. The highest BCUT2D eigenvalue weighted by Crippen LogP contribution is 2.39. The van der Waals surface area contributed by atoms with E-state index in [1.54, 1.807) is 12.6 Å². The molecule has 10 heteroatoms. The van der Waals surface area contributed by atoms with Crippen LogP contribution in [0.2, 0.25) is 0 Å². The molecule has 4 atom stereocenters. The lowest BCUT2D eigenvalue weighted by Crippen LogP contribution is -2.42. The van der Waals surface area contributed by atoms with Gasteiger partial charge in [0.1, 0.15) is 0 Å². The zero-order valence-corrected chi connectivity index (χ0v) is 28.5. The minimum Gasteiger partial charge on any atom is -0.392 e. The van der Waals surface area contributed by atoms with Crippen molar-refractivity contribution < 1.29 is 34.1 Å². The molecule has 3 aromatic carbocycles. The van der Waals surface area contributed by atoms with Crippen LogP contribution >= 0.6 is 0 Å². The smallest absolute Gasteiger partial charge is 0.243 e. The maximum Gasteiger partial charge on any atom is 0.243 e. The number of hydrogen-bond acceptors (Lipinski definition) is 8. The van der Waals surface area contributed by atoms with E-state index in [0.29, 0.717) is 31.8 Å². The number of carbonyl (C=O) groups is 2. The van der Waals surface area contributed by atoms with E-state index < -0.39 is 6.29 Å². The predicted molar refractivity (Wildman–Crippen MR) is 186 cm³/mol. The lowest BCUT2D eigenvalue weighted by molar-refractivity contribution is -0.253. The maximum atomic E-state index is 12.5.